The third-order valence-corrected chi connectivity index (χ3v) is 11.9. The SMILES string of the molecule is COC(C)(C)Cc1ccc(C2Oc3cc(B4OC(C)(C)C(C)(C)O4)cc(F)c3-c3cc4cc(B5OC(C)(C)C(C)(C)O5)ccc4n32)s1. The number of benzene rings is 2. The van der Waals surface area contributed by atoms with Crippen LogP contribution in [0.2, 0.25) is 0 Å². The van der Waals surface area contributed by atoms with Gasteiger partial charge in [0.2, 0.25) is 6.23 Å². The van der Waals surface area contributed by atoms with Gasteiger partial charge in [0, 0.05) is 23.8 Å². The zero-order valence-corrected chi connectivity index (χ0v) is 30.1. The number of hydrogen-bond donors (Lipinski definition) is 0. The van der Waals surface area contributed by atoms with E-state index in [0.29, 0.717) is 16.8 Å². The van der Waals surface area contributed by atoms with Crippen LogP contribution in [0, 0.1) is 5.82 Å². The molecule has 4 aromatic rings. The number of rotatable bonds is 6. The highest BCUT2D eigenvalue weighted by Gasteiger charge is 2.53. The van der Waals surface area contributed by atoms with Gasteiger partial charge in [-0.3, -0.25) is 4.57 Å². The van der Waals surface area contributed by atoms with Crippen molar-refractivity contribution in [2.24, 2.45) is 0 Å². The summed E-state index contributed by atoms with van der Waals surface area (Å²) < 4.78 is 56.3. The Balaban J connectivity index is 1.34. The van der Waals surface area contributed by atoms with E-state index in [9.17, 15) is 0 Å². The number of ether oxygens (including phenoxy) is 2. The summed E-state index contributed by atoms with van der Waals surface area (Å²) in [5, 5.41) is 0.945. The fourth-order valence-corrected chi connectivity index (χ4v) is 7.61. The summed E-state index contributed by atoms with van der Waals surface area (Å²) in [5.74, 6) is 0.0583. The minimum absolute atomic E-state index is 0.307. The van der Waals surface area contributed by atoms with E-state index in [-0.39, 0.29) is 5.60 Å². The first-order valence-corrected chi connectivity index (χ1v) is 17.1. The van der Waals surface area contributed by atoms with Gasteiger partial charge in [0.05, 0.1) is 49.7 Å². The number of halogens is 1. The molecule has 1 atom stereocenters. The molecule has 248 valence electrons. The zero-order valence-electron chi connectivity index (χ0n) is 29.2. The Bertz CT molecular complexity index is 1850. The first kappa shape index (κ1) is 32.9. The third-order valence-electron chi connectivity index (χ3n) is 10.8. The van der Waals surface area contributed by atoms with Crippen molar-refractivity contribution in [2.75, 3.05) is 7.11 Å². The average molecular weight is 659 g/mol. The molecule has 2 aromatic carbocycles. The molecule has 0 amide bonds. The monoisotopic (exact) mass is 659 g/mol. The molecule has 0 N–H and O–H groups in total. The normalized spacial score (nSPS) is 22.4. The van der Waals surface area contributed by atoms with Gasteiger partial charge < -0.3 is 28.1 Å². The van der Waals surface area contributed by atoms with Crippen LogP contribution in [0.15, 0.2) is 48.5 Å². The minimum Gasteiger partial charge on any atom is -0.464 e. The number of aromatic nitrogens is 1. The lowest BCUT2D eigenvalue weighted by atomic mass is 9.78. The Morgan fingerprint density at radius 2 is 1.40 bits per heavy atom. The molecule has 11 heteroatoms. The predicted octanol–water partition coefficient (Wildman–Crippen LogP) is 7.01. The lowest BCUT2D eigenvalue weighted by Crippen LogP contribution is -2.41. The summed E-state index contributed by atoms with van der Waals surface area (Å²) in [7, 11) is 0.503. The number of fused-ring (bicyclic) bond motifs is 5. The van der Waals surface area contributed by atoms with Gasteiger partial charge >= 0.3 is 14.2 Å². The molecule has 0 bridgehead atoms. The van der Waals surface area contributed by atoms with Crippen LogP contribution in [0.1, 0.15) is 85.2 Å². The van der Waals surface area contributed by atoms with E-state index < -0.39 is 48.7 Å². The van der Waals surface area contributed by atoms with Crippen LogP contribution in [0.5, 0.6) is 5.75 Å². The first-order valence-electron chi connectivity index (χ1n) is 16.3. The quantitative estimate of drug-likeness (QED) is 0.208. The number of nitrogens with zero attached hydrogens (tertiary/aromatic N) is 1. The van der Waals surface area contributed by atoms with Gasteiger partial charge in [-0.2, -0.15) is 0 Å². The second-order valence-corrected chi connectivity index (χ2v) is 16.9. The zero-order chi connectivity index (χ0) is 33.9. The molecule has 47 heavy (non-hydrogen) atoms. The summed E-state index contributed by atoms with van der Waals surface area (Å²) in [6, 6.07) is 15.8. The van der Waals surface area contributed by atoms with Crippen LogP contribution in [0.3, 0.4) is 0 Å². The van der Waals surface area contributed by atoms with Crippen LogP contribution >= 0.6 is 11.3 Å². The van der Waals surface area contributed by atoms with Gasteiger partial charge in [0.15, 0.2) is 0 Å². The van der Waals surface area contributed by atoms with E-state index >= 15 is 4.39 Å². The third kappa shape index (κ3) is 5.38. The standard InChI is InChI=1S/C36H44B2FNO6S/c1-32(2,41-11)20-24-13-15-29(47-24)31-40-26-14-12-22(37-43-33(3,4)34(5,6)44-37)16-21(26)17-27(40)30-25(39)18-23(19-28(30)42-31)38-45-35(7,8)36(9,10)46-38/h12-19,31H,20H2,1-11H3. The van der Waals surface area contributed by atoms with Crippen molar-refractivity contribution in [2.45, 2.75) is 110 Å². The Hall–Kier alpha value is -2.66. The molecule has 3 aliphatic rings. The molecular formula is C36H44B2FNO6S. The van der Waals surface area contributed by atoms with Crippen molar-refractivity contribution in [3.63, 3.8) is 0 Å². The van der Waals surface area contributed by atoms with E-state index in [4.69, 9.17) is 28.1 Å². The largest absolute Gasteiger partial charge is 0.495 e. The molecule has 3 aliphatic heterocycles. The number of hydrogen-bond acceptors (Lipinski definition) is 7. The van der Waals surface area contributed by atoms with Crippen LogP contribution in [-0.4, -0.2) is 53.9 Å². The first-order chi connectivity index (χ1) is 21.8. The van der Waals surface area contributed by atoms with Crippen molar-refractivity contribution < 1.29 is 32.5 Å². The van der Waals surface area contributed by atoms with Crippen molar-refractivity contribution in [3.8, 4) is 17.0 Å². The molecule has 1 unspecified atom stereocenters. The Morgan fingerprint density at radius 1 is 0.809 bits per heavy atom. The van der Waals surface area contributed by atoms with E-state index in [2.05, 4.69) is 42.7 Å². The van der Waals surface area contributed by atoms with Crippen LogP contribution in [0.25, 0.3) is 22.2 Å². The van der Waals surface area contributed by atoms with Gasteiger partial charge in [-0.25, -0.2) is 4.39 Å². The average Bonchev–Trinajstić information content (AvgIpc) is 3.68. The van der Waals surface area contributed by atoms with Crippen LogP contribution in [0.4, 0.5) is 4.39 Å². The van der Waals surface area contributed by atoms with E-state index in [0.717, 1.165) is 33.4 Å². The Morgan fingerprint density at radius 3 is 2.00 bits per heavy atom. The van der Waals surface area contributed by atoms with Crippen LogP contribution < -0.4 is 15.7 Å². The summed E-state index contributed by atoms with van der Waals surface area (Å²) in [5.41, 5.74) is 1.22. The van der Waals surface area contributed by atoms with Gasteiger partial charge in [-0.05, 0) is 117 Å². The smallest absolute Gasteiger partial charge is 0.464 e. The number of methoxy groups -OCH3 is 1. The Kier molecular flexibility index (Phi) is 7.46. The van der Waals surface area contributed by atoms with Gasteiger partial charge in [0.25, 0.3) is 0 Å². The van der Waals surface area contributed by atoms with Gasteiger partial charge in [-0.1, -0.05) is 12.1 Å². The maximum atomic E-state index is 16.4. The van der Waals surface area contributed by atoms with E-state index in [1.807, 2.05) is 73.6 Å². The summed E-state index contributed by atoms with van der Waals surface area (Å²) in [6.07, 6.45) is 0.240. The molecule has 2 fully saturated rings. The predicted molar refractivity (Wildman–Crippen MR) is 187 cm³/mol. The fourth-order valence-electron chi connectivity index (χ4n) is 6.36. The van der Waals surface area contributed by atoms with E-state index in [1.165, 1.54) is 10.9 Å². The summed E-state index contributed by atoms with van der Waals surface area (Å²) in [4.78, 5) is 2.19. The maximum Gasteiger partial charge on any atom is 0.495 e. The molecule has 5 heterocycles. The van der Waals surface area contributed by atoms with Crippen molar-refractivity contribution in [1.29, 1.82) is 0 Å². The van der Waals surface area contributed by atoms with E-state index in [1.54, 1.807) is 18.4 Å². The van der Waals surface area contributed by atoms with Gasteiger partial charge in [-0.15, -0.1) is 11.3 Å². The molecule has 0 saturated carbocycles. The highest BCUT2D eigenvalue weighted by Crippen LogP contribution is 2.47. The highest BCUT2D eigenvalue weighted by atomic mass is 32.1. The lowest BCUT2D eigenvalue weighted by Gasteiger charge is -2.32. The second kappa shape index (κ2) is 10.7. The molecule has 7 rings (SSSR count). The lowest BCUT2D eigenvalue weighted by molar-refractivity contribution is 0.00578. The molecule has 7 nitrogen and oxygen atoms in total. The van der Waals surface area contributed by atoms with Crippen LogP contribution in [-0.2, 0) is 29.8 Å². The summed E-state index contributed by atoms with van der Waals surface area (Å²) >= 11 is 1.68. The molecular weight excluding hydrogens is 615 g/mol. The maximum absolute atomic E-state index is 16.4. The highest BCUT2D eigenvalue weighted by molar-refractivity contribution is 7.12. The summed E-state index contributed by atoms with van der Waals surface area (Å²) in [6.45, 7) is 20.3. The van der Waals surface area contributed by atoms with Gasteiger partial charge in [0.1, 0.15) is 11.6 Å². The van der Waals surface area contributed by atoms with Crippen molar-refractivity contribution >= 4 is 47.4 Å². The van der Waals surface area contributed by atoms with Crippen molar-refractivity contribution in [1.82, 2.24) is 4.57 Å². The Labute approximate surface area is 281 Å². The van der Waals surface area contributed by atoms with Crippen molar-refractivity contribution in [3.05, 3.63) is 64.1 Å². The molecule has 0 radical (unpaired) electrons. The molecule has 0 spiro atoms. The second-order valence-electron chi connectivity index (χ2n) is 15.7. The topological polar surface area (TPSA) is 60.3 Å². The molecule has 2 aromatic heterocycles. The number of thiophene rings is 1. The molecule has 0 aliphatic carbocycles. The minimum atomic E-state index is -0.721. The fraction of sp³-hybridized carbons (Fsp3) is 0.500. The molecule has 2 saturated heterocycles.